The smallest absolute Gasteiger partial charge is 0.193 e. The first-order valence-electron chi connectivity index (χ1n) is 7.87. The van der Waals surface area contributed by atoms with Crippen molar-refractivity contribution in [1.82, 2.24) is 0 Å². The summed E-state index contributed by atoms with van der Waals surface area (Å²) in [6.07, 6.45) is 0.705. The molecule has 0 atom stereocenters. The first-order chi connectivity index (χ1) is 11.8. The Kier molecular flexibility index (Phi) is 7.27. The molecule has 0 fully saturated rings. The van der Waals surface area contributed by atoms with Crippen LogP contribution in [0.2, 0.25) is 0 Å². The first-order valence-corrected chi connectivity index (χ1v) is 7.87. The Labute approximate surface area is 164 Å². The van der Waals surface area contributed by atoms with E-state index in [2.05, 4.69) is 10.3 Å². The predicted molar refractivity (Wildman–Crippen MR) is 113 cm³/mol. The van der Waals surface area contributed by atoms with Gasteiger partial charge in [-0.15, -0.1) is 24.0 Å². The highest BCUT2D eigenvalue weighted by molar-refractivity contribution is 14.0. The number of fused-ring (bicyclic) bond motifs is 1. The maximum atomic E-state index is 5.98. The van der Waals surface area contributed by atoms with E-state index in [1.165, 1.54) is 0 Å². The molecule has 132 valence electrons. The summed E-state index contributed by atoms with van der Waals surface area (Å²) in [6, 6.07) is 17.9. The van der Waals surface area contributed by atoms with Crippen molar-refractivity contribution in [2.24, 2.45) is 10.7 Å². The highest BCUT2D eigenvalue weighted by atomic mass is 127. The number of guanidine groups is 1. The second-order valence-electron chi connectivity index (χ2n) is 5.48. The molecule has 2 aromatic carbocycles. The molecule has 1 aromatic heterocycles. The Hall–Kier alpha value is -2.06. The van der Waals surface area contributed by atoms with Gasteiger partial charge in [-0.2, -0.15) is 0 Å². The van der Waals surface area contributed by atoms with Crippen LogP contribution in [0.3, 0.4) is 0 Å². The van der Waals surface area contributed by atoms with Crippen LogP contribution >= 0.6 is 24.0 Å². The Balaban J connectivity index is 0.00000225. The molecular weight excluding hydrogens is 429 g/mol. The van der Waals surface area contributed by atoms with Gasteiger partial charge in [-0.3, -0.25) is 4.99 Å². The van der Waals surface area contributed by atoms with E-state index in [-0.39, 0.29) is 24.0 Å². The number of anilines is 1. The lowest BCUT2D eigenvalue weighted by atomic mass is 10.2. The van der Waals surface area contributed by atoms with Crippen LogP contribution in [0.15, 0.2) is 64.0 Å². The Bertz CT molecular complexity index is 812. The summed E-state index contributed by atoms with van der Waals surface area (Å²) >= 11 is 0. The normalized spacial score (nSPS) is 11.3. The van der Waals surface area contributed by atoms with Gasteiger partial charge in [0.25, 0.3) is 0 Å². The minimum absolute atomic E-state index is 0. The van der Waals surface area contributed by atoms with Gasteiger partial charge in [-0.25, -0.2) is 0 Å². The quantitative estimate of drug-likeness (QED) is 0.335. The minimum atomic E-state index is 0. The van der Waals surface area contributed by atoms with Crippen molar-refractivity contribution in [3.63, 3.8) is 0 Å². The Morgan fingerprint density at radius 2 is 1.92 bits per heavy atom. The fourth-order valence-corrected chi connectivity index (χ4v) is 2.55. The average Bonchev–Trinajstić information content (AvgIpc) is 2.99. The van der Waals surface area contributed by atoms with Crippen molar-refractivity contribution in [1.29, 1.82) is 0 Å². The van der Waals surface area contributed by atoms with E-state index in [1.807, 2.05) is 54.6 Å². The predicted octanol–water partition coefficient (Wildman–Crippen LogP) is 4.17. The van der Waals surface area contributed by atoms with Crippen LogP contribution < -0.4 is 11.1 Å². The summed E-state index contributed by atoms with van der Waals surface area (Å²) < 4.78 is 11.0. The van der Waals surface area contributed by atoms with Gasteiger partial charge in [0.2, 0.25) is 0 Å². The highest BCUT2D eigenvalue weighted by Gasteiger charge is 2.04. The summed E-state index contributed by atoms with van der Waals surface area (Å²) in [7, 11) is 1.67. The number of benzene rings is 2. The number of furan rings is 1. The van der Waals surface area contributed by atoms with Crippen molar-refractivity contribution >= 4 is 46.6 Å². The minimum Gasteiger partial charge on any atom is -0.461 e. The van der Waals surface area contributed by atoms with Gasteiger partial charge in [-0.05, 0) is 18.2 Å². The number of nitrogens with zero attached hydrogens (tertiary/aromatic N) is 1. The Morgan fingerprint density at radius 3 is 2.72 bits per heavy atom. The first kappa shape index (κ1) is 19.3. The third-order valence-electron chi connectivity index (χ3n) is 3.70. The molecule has 1 heterocycles. The summed E-state index contributed by atoms with van der Waals surface area (Å²) in [5.41, 5.74) is 8.82. The van der Waals surface area contributed by atoms with Crippen molar-refractivity contribution in [3.05, 3.63) is 65.9 Å². The molecule has 0 aliphatic carbocycles. The van der Waals surface area contributed by atoms with Gasteiger partial charge in [0.05, 0.1) is 6.61 Å². The molecule has 0 spiro atoms. The second-order valence-corrected chi connectivity index (χ2v) is 5.48. The molecule has 3 aromatic rings. The van der Waals surface area contributed by atoms with Crippen LogP contribution in [0.4, 0.5) is 5.69 Å². The molecule has 0 radical (unpaired) electrons. The topological polar surface area (TPSA) is 72.8 Å². The molecule has 0 saturated carbocycles. The maximum absolute atomic E-state index is 5.98. The van der Waals surface area contributed by atoms with Crippen LogP contribution in [-0.4, -0.2) is 19.6 Å². The number of para-hydroxylation sites is 2. The van der Waals surface area contributed by atoms with Gasteiger partial charge in [0.1, 0.15) is 11.3 Å². The molecule has 3 rings (SSSR count). The van der Waals surface area contributed by atoms with Gasteiger partial charge in [-0.1, -0.05) is 36.4 Å². The Morgan fingerprint density at radius 1 is 1.16 bits per heavy atom. The largest absolute Gasteiger partial charge is 0.461 e. The molecule has 0 unspecified atom stereocenters. The lowest BCUT2D eigenvalue weighted by Gasteiger charge is -2.10. The van der Waals surface area contributed by atoms with Crippen molar-refractivity contribution < 1.29 is 9.15 Å². The maximum Gasteiger partial charge on any atom is 0.193 e. The third kappa shape index (κ3) is 5.20. The lowest BCUT2D eigenvalue weighted by Crippen LogP contribution is -2.23. The zero-order valence-electron chi connectivity index (χ0n) is 14.1. The van der Waals surface area contributed by atoms with E-state index in [1.54, 1.807) is 7.11 Å². The van der Waals surface area contributed by atoms with Crippen molar-refractivity contribution in [2.75, 3.05) is 19.0 Å². The second kappa shape index (κ2) is 9.43. The number of nitrogens with one attached hydrogen (secondary N) is 1. The van der Waals surface area contributed by atoms with E-state index in [0.29, 0.717) is 25.5 Å². The number of nitrogens with two attached hydrogens (primary N) is 1. The van der Waals surface area contributed by atoms with Crippen LogP contribution in [-0.2, 0) is 17.8 Å². The number of ether oxygens (including phenoxy) is 1. The fraction of sp³-hybridized carbons (Fsp3) is 0.211. The molecule has 0 aliphatic rings. The molecule has 0 aliphatic heterocycles. The number of hydrogen-bond donors (Lipinski definition) is 2. The van der Waals surface area contributed by atoms with Gasteiger partial charge >= 0.3 is 0 Å². The van der Waals surface area contributed by atoms with Crippen LogP contribution in [0.1, 0.15) is 11.3 Å². The van der Waals surface area contributed by atoms with Gasteiger partial charge < -0.3 is 20.2 Å². The molecule has 25 heavy (non-hydrogen) atoms. The van der Waals surface area contributed by atoms with Gasteiger partial charge in [0.15, 0.2) is 5.96 Å². The number of methoxy groups -OCH3 is 1. The zero-order chi connectivity index (χ0) is 16.8. The van der Waals surface area contributed by atoms with E-state index in [9.17, 15) is 0 Å². The molecule has 0 saturated heterocycles. The molecule has 3 N–H and O–H groups in total. The number of halogens is 1. The van der Waals surface area contributed by atoms with E-state index in [4.69, 9.17) is 14.9 Å². The molecule has 0 amide bonds. The van der Waals surface area contributed by atoms with E-state index >= 15 is 0 Å². The van der Waals surface area contributed by atoms with Crippen LogP contribution in [0.25, 0.3) is 11.0 Å². The van der Waals surface area contributed by atoms with Crippen LogP contribution in [0, 0.1) is 0 Å². The number of aliphatic imine (C=N–C) groups is 1. The van der Waals surface area contributed by atoms with E-state index in [0.717, 1.165) is 28.0 Å². The average molecular weight is 451 g/mol. The molecular formula is C19H22IN3O2. The number of rotatable bonds is 6. The lowest BCUT2D eigenvalue weighted by molar-refractivity contribution is 0.185. The summed E-state index contributed by atoms with van der Waals surface area (Å²) in [5, 5.41) is 4.23. The summed E-state index contributed by atoms with van der Waals surface area (Å²) in [5.74, 6) is 1.29. The SMILES string of the molecule is COCc1ccccc1NC(N)=NCCc1cc2ccccc2o1.I. The number of hydrogen-bond acceptors (Lipinski definition) is 3. The van der Waals surface area contributed by atoms with E-state index < -0.39 is 0 Å². The highest BCUT2D eigenvalue weighted by Crippen LogP contribution is 2.19. The molecule has 0 bridgehead atoms. The molecule has 6 heteroatoms. The molecule has 5 nitrogen and oxygen atoms in total. The standard InChI is InChI=1S/C19H21N3O2.HI/c1-23-13-15-7-2-4-8-17(15)22-19(20)21-11-10-16-12-14-6-3-5-9-18(14)24-16;/h2-9,12H,10-11,13H2,1H3,(H3,20,21,22);1H. The van der Waals surface area contributed by atoms with Crippen molar-refractivity contribution in [3.8, 4) is 0 Å². The monoisotopic (exact) mass is 451 g/mol. The zero-order valence-corrected chi connectivity index (χ0v) is 16.4. The third-order valence-corrected chi connectivity index (χ3v) is 3.70. The van der Waals surface area contributed by atoms with Gasteiger partial charge in [0, 0.05) is 36.7 Å². The van der Waals surface area contributed by atoms with Crippen molar-refractivity contribution in [2.45, 2.75) is 13.0 Å². The summed E-state index contributed by atoms with van der Waals surface area (Å²) in [4.78, 5) is 4.37. The fourth-order valence-electron chi connectivity index (χ4n) is 2.55. The summed E-state index contributed by atoms with van der Waals surface area (Å²) in [6.45, 7) is 1.08. The van der Waals surface area contributed by atoms with Crippen LogP contribution in [0.5, 0.6) is 0 Å².